The Morgan fingerprint density at radius 2 is 2.12 bits per heavy atom. The van der Waals surface area contributed by atoms with Crippen molar-refractivity contribution in [3.8, 4) is 0 Å². The van der Waals surface area contributed by atoms with Gasteiger partial charge in [0.25, 0.3) is 0 Å². The van der Waals surface area contributed by atoms with Crippen molar-refractivity contribution in [1.82, 2.24) is 0 Å². The van der Waals surface area contributed by atoms with E-state index in [9.17, 15) is 9.18 Å². The normalized spacial score (nSPS) is 15.2. The van der Waals surface area contributed by atoms with Crippen molar-refractivity contribution in [3.05, 3.63) is 24.0 Å². The lowest BCUT2D eigenvalue weighted by molar-refractivity contribution is -0.122. The van der Waals surface area contributed by atoms with Crippen LogP contribution in [-0.4, -0.2) is 23.1 Å². The molecule has 0 aliphatic heterocycles. The van der Waals surface area contributed by atoms with E-state index in [4.69, 9.17) is 10.0 Å². The number of halogens is 1. The van der Waals surface area contributed by atoms with Gasteiger partial charge in [-0.3, -0.25) is 4.79 Å². The summed E-state index contributed by atoms with van der Waals surface area (Å²) in [5.41, 5.74) is 0.135. The standard InChI is InChI=1S/C11H13BFNO3/c13-10-6-8(4-5-9(10)12(16)17)14-11(15)7-2-1-3-7/h4-7,16-17H,1-3H2,(H,14,15). The molecule has 0 bridgehead atoms. The third-order valence-corrected chi connectivity index (χ3v) is 3.02. The van der Waals surface area contributed by atoms with Gasteiger partial charge in [-0.05, 0) is 25.0 Å². The number of carbonyl (C=O) groups is 1. The summed E-state index contributed by atoms with van der Waals surface area (Å²) >= 11 is 0. The topological polar surface area (TPSA) is 69.6 Å². The van der Waals surface area contributed by atoms with Crippen LogP contribution in [0.1, 0.15) is 19.3 Å². The minimum absolute atomic E-state index is 0.0289. The van der Waals surface area contributed by atoms with Crippen LogP contribution in [0.2, 0.25) is 0 Å². The van der Waals surface area contributed by atoms with Gasteiger partial charge in [-0.15, -0.1) is 0 Å². The molecule has 2 rings (SSSR count). The summed E-state index contributed by atoms with van der Waals surface area (Å²) in [7, 11) is -1.84. The molecule has 1 aromatic rings. The molecule has 1 aliphatic rings. The summed E-state index contributed by atoms with van der Waals surface area (Å²) in [6.45, 7) is 0. The number of hydrogen-bond donors (Lipinski definition) is 3. The van der Waals surface area contributed by atoms with Gasteiger partial charge in [-0.1, -0.05) is 12.5 Å². The Hall–Kier alpha value is -1.40. The van der Waals surface area contributed by atoms with E-state index >= 15 is 0 Å². The third-order valence-electron chi connectivity index (χ3n) is 3.02. The van der Waals surface area contributed by atoms with E-state index in [1.54, 1.807) is 0 Å². The number of benzene rings is 1. The van der Waals surface area contributed by atoms with Crippen LogP contribution in [0.25, 0.3) is 0 Å². The maximum Gasteiger partial charge on any atom is 0.491 e. The molecule has 4 nitrogen and oxygen atoms in total. The second-order valence-corrected chi connectivity index (χ2v) is 4.23. The molecule has 0 heterocycles. The van der Waals surface area contributed by atoms with Crippen LogP contribution in [0.15, 0.2) is 18.2 Å². The molecule has 1 fully saturated rings. The van der Waals surface area contributed by atoms with E-state index in [2.05, 4.69) is 5.32 Å². The Balaban J connectivity index is 2.06. The molecule has 3 N–H and O–H groups in total. The highest BCUT2D eigenvalue weighted by atomic mass is 19.1. The van der Waals surface area contributed by atoms with E-state index in [-0.39, 0.29) is 17.3 Å². The molecule has 1 saturated carbocycles. The molecule has 17 heavy (non-hydrogen) atoms. The van der Waals surface area contributed by atoms with Crippen molar-refractivity contribution in [1.29, 1.82) is 0 Å². The number of carbonyl (C=O) groups excluding carboxylic acids is 1. The van der Waals surface area contributed by atoms with Crippen LogP contribution in [0.5, 0.6) is 0 Å². The highest BCUT2D eigenvalue weighted by Crippen LogP contribution is 2.27. The van der Waals surface area contributed by atoms with E-state index in [0.717, 1.165) is 25.3 Å². The van der Waals surface area contributed by atoms with Gasteiger partial charge in [-0.2, -0.15) is 0 Å². The first-order valence-electron chi connectivity index (χ1n) is 5.54. The lowest BCUT2D eigenvalue weighted by Gasteiger charge is -2.24. The fourth-order valence-electron chi connectivity index (χ4n) is 1.73. The zero-order chi connectivity index (χ0) is 12.4. The third kappa shape index (κ3) is 2.65. The first kappa shape index (κ1) is 12.1. The van der Waals surface area contributed by atoms with Crippen LogP contribution in [0.4, 0.5) is 10.1 Å². The molecule has 0 aromatic heterocycles. The minimum Gasteiger partial charge on any atom is -0.423 e. The SMILES string of the molecule is O=C(Nc1ccc(B(O)O)c(F)c1)C1CCC1. The molecule has 0 radical (unpaired) electrons. The zero-order valence-corrected chi connectivity index (χ0v) is 9.19. The van der Waals surface area contributed by atoms with E-state index < -0.39 is 12.9 Å². The average molecular weight is 237 g/mol. The molecule has 0 atom stereocenters. The number of rotatable bonds is 3. The molecule has 6 heteroatoms. The molecule has 0 unspecified atom stereocenters. The van der Waals surface area contributed by atoms with Crippen molar-refractivity contribution in [2.75, 3.05) is 5.32 Å². The second-order valence-electron chi connectivity index (χ2n) is 4.23. The summed E-state index contributed by atoms with van der Waals surface area (Å²) in [5, 5.41) is 20.3. The molecule has 0 saturated heterocycles. The van der Waals surface area contributed by atoms with E-state index in [1.807, 2.05) is 0 Å². The number of anilines is 1. The first-order valence-corrected chi connectivity index (χ1v) is 5.54. The molecular weight excluding hydrogens is 224 g/mol. The fraction of sp³-hybridized carbons (Fsp3) is 0.364. The smallest absolute Gasteiger partial charge is 0.423 e. The maximum atomic E-state index is 13.4. The average Bonchev–Trinajstić information content (AvgIpc) is 2.13. The molecule has 1 aliphatic carbocycles. The van der Waals surface area contributed by atoms with E-state index in [0.29, 0.717) is 5.69 Å². The monoisotopic (exact) mass is 237 g/mol. The summed E-state index contributed by atoms with van der Waals surface area (Å²) in [6.07, 6.45) is 2.81. The predicted octanol–water partition coefficient (Wildman–Crippen LogP) is 0.244. The van der Waals surface area contributed by atoms with Gasteiger partial charge in [0, 0.05) is 17.1 Å². The van der Waals surface area contributed by atoms with Gasteiger partial charge < -0.3 is 15.4 Å². The van der Waals surface area contributed by atoms with Gasteiger partial charge in [0.15, 0.2) is 0 Å². The summed E-state index contributed by atoms with van der Waals surface area (Å²) in [5.74, 6) is -0.819. The highest BCUT2D eigenvalue weighted by Gasteiger charge is 2.25. The largest absolute Gasteiger partial charge is 0.491 e. The van der Waals surface area contributed by atoms with Gasteiger partial charge in [0.2, 0.25) is 5.91 Å². The van der Waals surface area contributed by atoms with Crippen molar-refractivity contribution in [2.45, 2.75) is 19.3 Å². The van der Waals surface area contributed by atoms with Crippen LogP contribution >= 0.6 is 0 Å². The summed E-state index contributed by atoms with van der Waals surface area (Å²) < 4.78 is 13.4. The Labute approximate surface area is 98.6 Å². The predicted molar refractivity (Wildman–Crippen MR) is 62.2 cm³/mol. The first-order chi connectivity index (χ1) is 8.08. The van der Waals surface area contributed by atoms with Crippen LogP contribution in [0.3, 0.4) is 0 Å². The van der Waals surface area contributed by atoms with E-state index in [1.165, 1.54) is 12.1 Å². The van der Waals surface area contributed by atoms with Crippen molar-refractivity contribution < 1.29 is 19.2 Å². The lowest BCUT2D eigenvalue weighted by Crippen LogP contribution is -2.33. The van der Waals surface area contributed by atoms with Crippen molar-refractivity contribution in [3.63, 3.8) is 0 Å². The van der Waals surface area contributed by atoms with Gasteiger partial charge in [0.1, 0.15) is 5.82 Å². The quantitative estimate of drug-likeness (QED) is 0.659. The maximum absolute atomic E-state index is 13.4. The minimum atomic E-state index is -1.84. The van der Waals surface area contributed by atoms with Gasteiger partial charge in [0.05, 0.1) is 0 Å². The Morgan fingerprint density at radius 3 is 2.59 bits per heavy atom. The number of amides is 1. The van der Waals surface area contributed by atoms with Gasteiger partial charge >= 0.3 is 7.12 Å². The fourth-order valence-corrected chi connectivity index (χ4v) is 1.73. The molecule has 1 aromatic carbocycles. The Morgan fingerprint density at radius 1 is 1.41 bits per heavy atom. The molecular formula is C11H13BFNO3. The number of hydrogen-bond acceptors (Lipinski definition) is 3. The Kier molecular flexibility index (Phi) is 3.45. The van der Waals surface area contributed by atoms with Crippen molar-refractivity contribution in [2.24, 2.45) is 5.92 Å². The van der Waals surface area contributed by atoms with Gasteiger partial charge in [-0.25, -0.2) is 4.39 Å². The van der Waals surface area contributed by atoms with Crippen molar-refractivity contribution >= 4 is 24.2 Å². The second kappa shape index (κ2) is 4.85. The molecule has 1 amide bonds. The molecule has 90 valence electrons. The van der Waals surface area contributed by atoms with Crippen LogP contribution in [0, 0.1) is 11.7 Å². The highest BCUT2D eigenvalue weighted by molar-refractivity contribution is 6.58. The number of nitrogens with one attached hydrogen (secondary N) is 1. The molecule has 0 spiro atoms. The summed E-state index contributed by atoms with van der Waals surface area (Å²) in [6, 6.07) is 3.79. The zero-order valence-electron chi connectivity index (χ0n) is 9.19. The Bertz CT molecular complexity index is 435. The summed E-state index contributed by atoms with van der Waals surface area (Å²) in [4.78, 5) is 11.6. The van der Waals surface area contributed by atoms with Crippen LogP contribution in [-0.2, 0) is 4.79 Å². The van der Waals surface area contributed by atoms with Crippen LogP contribution < -0.4 is 10.8 Å². The lowest BCUT2D eigenvalue weighted by atomic mass is 9.80.